The average molecular weight is 391 g/mol. The number of unbranched alkanes of at least 4 members (excludes halogenated alkanes) is 1. The highest BCUT2D eigenvalue weighted by molar-refractivity contribution is 5.87. The molecule has 0 aromatic carbocycles. The fourth-order valence-electron chi connectivity index (χ4n) is 7.66. The minimum Gasteiger partial charge on any atom is -0.393 e. The van der Waals surface area contributed by atoms with Gasteiger partial charge in [0.25, 0.3) is 0 Å². The fourth-order valence-corrected chi connectivity index (χ4v) is 7.66. The maximum atomic E-state index is 12.6. The van der Waals surface area contributed by atoms with Crippen molar-refractivity contribution in [3.8, 4) is 0 Å². The molecular formula is C24H38O4. The van der Waals surface area contributed by atoms with Crippen LogP contribution in [0.25, 0.3) is 0 Å². The number of aliphatic hydroxyl groups excluding tert-OH is 2. The van der Waals surface area contributed by atoms with E-state index in [1.165, 1.54) is 18.4 Å². The second kappa shape index (κ2) is 7.85. The zero-order chi connectivity index (χ0) is 19.9. The minimum atomic E-state index is -0.231. The highest BCUT2D eigenvalue weighted by Gasteiger charge is 2.61. The molecule has 7 atom stereocenters. The highest BCUT2D eigenvalue weighted by Crippen LogP contribution is 2.65. The van der Waals surface area contributed by atoms with Crippen molar-refractivity contribution in [1.82, 2.24) is 0 Å². The van der Waals surface area contributed by atoms with Gasteiger partial charge in [-0.3, -0.25) is 4.79 Å². The summed E-state index contributed by atoms with van der Waals surface area (Å²) in [6.07, 6.45) is 12.3. The van der Waals surface area contributed by atoms with Crippen LogP contribution in [-0.2, 0) is 9.53 Å². The summed E-state index contributed by atoms with van der Waals surface area (Å²) in [7, 11) is 0. The van der Waals surface area contributed by atoms with Crippen molar-refractivity contribution in [3.63, 3.8) is 0 Å². The lowest BCUT2D eigenvalue weighted by Gasteiger charge is -2.61. The topological polar surface area (TPSA) is 66.8 Å². The molecule has 4 rings (SSSR count). The molecule has 0 aromatic heterocycles. The van der Waals surface area contributed by atoms with Crippen LogP contribution >= 0.6 is 0 Å². The summed E-state index contributed by atoms with van der Waals surface area (Å²) < 4.78 is 5.01. The smallest absolute Gasteiger partial charge is 0.143 e. The third-order valence-electron chi connectivity index (χ3n) is 9.30. The lowest BCUT2D eigenvalue weighted by molar-refractivity contribution is -0.155. The van der Waals surface area contributed by atoms with E-state index in [1.54, 1.807) is 0 Å². The number of ketones is 1. The van der Waals surface area contributed by atoms with Crippen molar-refractivity contribution in [2.75, 3.05) is 13.4 Å². The zero-order valence-electron chi connectivity index (χ0n) is 17.7. The summed E-state index contributed by atoms with van der Waals surface area (Å²) in [5.74, 6) is 2.54. The molecule has 0 aliphatic heterocycles. The molecule has 0 aromatic rings. The molecule has 0 heterocycles. The summed E-state index contributed by atoms with van der Waals surface area (Å²) in [6.45, 7) is 5.07. The molecule has 0 amide bonds. The zero-order valence-corrected chi connectivity index (χ0v) is 17.7. The van der Waals surface area contributed by atoms with Crippen LogP contribution in [0.5, 0.6) is 0 Å². The lowest BCUT2D eigenvalue weighted by atomic mass is 9.44. The number of Topliss-reactive ketones (excluding diaryl/α,β-unsaturated/α-hetero) is 1. The quantitative estimate of drug-likeness (QED) is 0.419. The van der Waals surface area contributed by atoms with Crippen molar-refractivity contribution in [3.05, 3.63) is 11.6 Å². The van der Waals surface area contributed by atoms with Gasteiger partial charge in [0.1, 0.15) is 12.6 Å². The van der Waals surface area contributed by atoms with Crippen LogP contribution < -0.4 is 0 Å². The van der Waals surface area contributed by atoms with Crippen LogP contribution in [0.1, 0.15) is 78.1 Å². The number of ether oxygens (including phenoxy) is 1. The standard InChI is InChI=1S/C24H38O4/c1-23-10-8-16(5-3-4-12-28-15-25)13-20(23)21(26)14-17-18-6-7-22(27)24(18,2)11-9-19(17)23/h5,17-21,25-26H,3-4,6-15H2,1-2H3/b16-5-/t17?,18?,19?,20-,21?,23+,24-/m0/s1. The number of aliphatic hydroxyl groups is 2. The van der Waals surface area contributed by atoms with Crippen molar-refractivity contribution in [1.29, 1.82) is 0 Å². The first-order chi connectivity index (χ1) is 13.4. The lowest BCUT2D eigenvalue weighted by Crippen LogP contribution is -2.57. The van der Waals surface area contributed by atoms with Gasteiger partial charge >= 0.3 is 0 Å². The number of rotatable bonds is 5. The molecule has 4 fully saturated rings. The van der Waals surface area contributed by atoms with Gasteiger partial charge in [0.2, 0.25) is 0 Å². The molecule has 4 nitrogen and oxygen atoms in total. The van der Waals surface area contributed by atoms with Crippen LogP contribution in [0.15, 0.2) is 11.6 Å². The molecule has 0 radical (unpaired) electrons. The Balaban J connectivity index is 1.47. The van der Waals surface area contributed by atoms with Gasteiger partial charge in [-0.05, 0) is 86.9 Å². The van der Waals surface area contributed by atoms with Gasteiger partial charge in [0, 0.05) is 18.4 Å². The Morgan fingerprint density at radius 2 is 1.96 bits per heavy atom. The first kappa shape index (κ1) is 20.6. The Kier molecular flexibility index (Phi) is 5.76. The fraction of sp³-hybridized carbons (Fsp3) is 0.875. The number of carbonyl (C=O) groups is 1. The molecule has 4 aliphatic carbocycles. The van der Waals surface area contributed by atoms with E-state index in [0.29, 0.717) is 36.1 Å². The van der Waals surface area contributed by atoms with Gasteiger partial charge < -0.3 is 14.9 Å². The van der Waals surface area contributed by atoms with E-state index in [1.807, 2.05) is 0 Å². The maximum absolute atomic E-state index is 12.6. The molecule has 28 heavy (non-hydrogen) atoms. The number of allylic oxidation sites excluding steroid dienone is 2. The van der Waals surface area contributed by atoms with Crippen LogP contribution in [-0.4, -0.2) is 35.5 Å². The second-order valence-corrected chi connectivity index (χ2v) is 10.5. The molecular weight excluding hydrogens is 352 g/mol. The van der Waals surface area contributed by atoms with E-state index >= 15 is 0 Å². The second-order valence-electron chi connectivity index (χ2n) is 10.5. The van der Waals surface area contributed by atoms with E-state index in [-0.39, 0.29) is 23.7 Å². The normalized spacial score (nSPS) is 46.9. The van der Waals surface area contributed by atoms with E-state index in [2.05, 4.69) is 19.9 Å². The number of hydrogen-bond acceptors (Lipinski definition) is 4. The summed E-state index contributed by atoms with van der Waals surface area (Å²) in [4.78, 5) is 12.6. The van der Waals surface area contributed by atoms with E-state index in [9.17, 15) is 9.90 Å². The monoisotopic (exact) mass is 390 g/mol. The molecule has 2 N–H and O–H groups in total. The van der Waals surface area contributed by atoms with Crippen molar-refractivity contribution in [2.24, 2.45) is 34.5 Å². The third-order valence-corrected chi connectivity index (χ3v) is 9.30. The molecule has 4 saturated carbocycles. The van der Waals surface area contributed by atoms with Crippen LogP contribution in [0, 0.1) is 34.5 Å². The molecule has 0 bridgehead atoms. The Morgan fingerprint density at radius 1 is 1.14 bits per heavy atom. The molecule has 4 aliphatic rings. The highest BCUT2D eigenvalue weighted by atomic mass is 16.6. The predicted octanol–water partition coefficient (Wildman–Crippen LogP) is 4.24. The number of hydrogen-bond donors (Lipinski definition) is 2. The largest absolute Gasteiger partial charge is 0.393 e. The minimum absolute atomic E-state index is 0.111. The van der Waals surface area contributed by atoms with Gasteiger partial charge in [0.15, 0.2) is 0 Å². The Hall–Kier alpha value is -0.710. The summed E-state index contributed by atoms with van der Waals surface area (Å²) >= 11 is 0. The van der Waals surface area contributed by atoms with Crippen molar-refractivity contribution >= 4 is 5.78 Å². The van der Waals surface area contributed by atoms with Gasteiger partial charge in [-0.25, -0.2) is 0 Å². The SMILES string of the molecule is C[C@]12CCC3C(CC(O)[C@@H]4C/C(=C\CCCOCO)CC[C@]34C)C1CCC2=O. The summed E-state index contributed by atoms with van der Waals surface area (Å²) in [5, 5.41) is 19.9. The van der Waals surface area contributed by atoms with Gasteiger partial charge in [-0.1, -0.05) is 25.5 Å². The molecule has 4 unspecified atom stereocenters. The predicted molar refractivity (Wildman–Crippen MR) is 108 cm³/mol. The first-order valence-corrected chi connectivity index (χ1v) is 11.5. The molecule has 158 valence electrons. The van der Waals surface area contributed by atoms with Crippen molar-refractivity contribution in [2.45, 2.75) is 84.2 Å². The summed E-state index contributed by atoms with van der Waals surface area (Å²) in [6, 6.07) is 0. The molecule has 0 spiro atoms. The third kappa shape index (κ3) is 3.30. The van der Waals surface area contributed by atoms with Crippen LogP contribution in [0.4, 0.5) is 0 Å². The Bertz CT molecular complexity index is 628. The van der Waals surface area contributed by atoms with Gasteiger partial charge in [0.05, 0.1) is 6.10 Å². The van der Waals surface area contributed by atoms with E-state index < -0.39 is 0 Å². The van der Waals surface area contributed by atoms with Gasteiger partial charge in [-0.15, -0.1) is 0 Å². The Labute approximate surface area is 169 Å². The van der Waals surface area contributed by atoms with Crippen LogP contribution in [0.3, 0.4) is 0 Å². The van der Waals surface area contributed by atoms with E-state index in [4.69, 9.17) is 9.84 Å². The molecule has 4 heteroatoms. The first-order valence-electron chi connectivity index (χ1n) is 11.5. The Morgan fingerprint density at radius 3 is 2.75 bits per heavy atom. The van der Waals surface area contributed by atoms with Gasteiger partial charge in [-0.2, -0.15) is 0 Å². The average Bonchev–Trinajstić information content (AvgIpc) is 2.98. The maximum Gasteiger partial charge on any atom is 0.143 e. The van der Waals surface area contributed by atoms with Crippen molar-refractivity contribution < 1.29 is 19.7 Å². The number of carbonyl (C=O) groups excluding carboxylic acids is 1. The number of fused-ring (bicyclic) bond motifs is 5. The molecule has 0 saturated heterocycles. The van der Waals surface area contributed by atoms with E-state index in [0.717, 1.165) is 51.4 Å². The van der Waals surface area contributed by atoms with Crippen LogP contribution in [0.2, 0.25) is 0 Å². The summed E-state index contributed by atoms with van der Waals surface area (Å²) in [5.41, 5.74) is 1.60.